The third kappa shape index (κ3) is 5.23. The van der Waals surface area contributed by atoms with E-state index in [2.05, 4.69) is 0 Å². The number of rotatable bonds is 7. The lowest BCUT2D eigenvalue weighted by atomic mass is 10.1. The molecule has 0 radical (unpaired) electrons. The summed E-state index contributed by atoms with van der Waals surface area (Å²) in [6.45, 7) is 0.887. The lowest BCUT2D eigenvalue weighted by Gasteiger charge is -2.19. The number of nitro benzene ring substituents is 1. The molecule has 0 amide bonds. The lowest BCUT2D eigenvalue weighted by molar-refractivity contribution is -0.384. The zero-order valence-electron chi connectivity index (χ0n) is 10.5. The maximum Gasteiger partial charge on any atom is 0.304 e. The zero-order valence-corrected chi connectivity index (χ0v) is 11.2. The van der Waals surface area contributed by atoms with Gasteiger partial charge in [0.1, 0.15) is 0 Å². The zero-order chi connectivity index (χ0) is 14.4. The number of carbonyl (C=O) groups is 1. The summed E-state index contributed by atoms with van der Waals surface area (Å²) in [7, 11) is 1.78. The Balaban J connectivity index is 2.55. The van der Waals surface area contributed by atoms with Gasteiger partial charge in [0, 0.05) is 25.2 Å². The van der Waals surface area contributed by atoms with Gasteiger partial charge in [-0.15, -0.1) is 11.6 Å². The number of hydrogen-bond donors (Lipinski definition) is 1. The summed E-state index contributed by atoms with van der Waals surface area (Å²) in [4.78, 5) is 22.3. The van der Waals surface area contributed by atoms with Crippen molar-refractivity contribution in [3.05, 3.63) is 39.9 Å². The van der Waals surface area contributed by atoms with E-state index >= 15 is 0 Å². The Morgan fingerprint density at radius 2 is 2.05 bits per heavy atom. The molecule has 104 valence electrons. The number of carboxylic acids is 1. The number of benzene rings is 1. The second-order valence-electron chi connectivity index (χ2n) is 4.22. The van der Waals surface area contributed by atoms with Crippen LogP contribution >= 0.6 is 11.6 Å². The van der Waals surface area contributed by atoms with Crippen LogP contribution in [0.3, 0.4) is 0 Å². The Morgan fingerprint density at radius 3 is 2.53 bits per heavy atom. The van der Waals surface area contributed by atoms with Crippen molar-refractivity contribution in [2.75, 3.05) is 20.1 Å². The number of carboxylic acid groups (broad SMARTS) is 1. The maximum atomic E-state index is 10.5. The largest absolute Gasteiger partial charge is 0.481 e. The first-order valence-electron chi connectivity index (χ1n) is 5.69. The average molecular weight is 287 g/mol. The highest BCUT2D eigenvalue weighted by atomic mass is 35.5. The molecule has 0 saturated heterocycles. The van der Waals surface area contributed by atoms with Crippen LogP contribution in [0.1, 0.15) is 17.4 Å². The fourth-order valence-electron chi connectivity index (χ4n) is 1.56. The van der Waals surface area contributed by atoms with E-state index in [1.54, 1.807) is 19.2 Å². The van der Waals surface area contributed by atoms with Gasteiger partial charge in [-0.3, -0.25) is 14.9 Å². The van der Waals surface area contributed by atoms with Gasteiger partial charge < -0.3 is 10.0 Å². The minimum absolute atomic E-state index is 0.0202. The van der Waals surface area contributed by atoms with Crippen LogP contribution in [0.5, 0.6) is 0 Å². The van der Waals surface area contributed by atoms with Gasteiger partial charge in [-0.05, 0) is 12.6 Å². The number of hydrogen-bond acceptors (Lipinski definition) is 4. The normalized spacial score (nSPS) is 12.4. The van der Waals surface area contributed by atoms with Crippen molar-refractivity contribution < 1.29 is 14.8 Å². The summed E-state index contributed by atoms with van der Waals surface area (Å²) in [5.74, 6) is -0.853. The van der Waals surface area contributed by atoms with Crippen molar-refractivity contribution in [3.63, 3.8) is 0 Å². The van der Waals surface area contributed by atoms with E-state index in [-0.39, 0.29) is 17.5 Å². The third-order valence-corrected chi connectivity index (χ3v) is 3.03. The molecule has 0 saturated carbocycles. The highest BCUT2D eigenvalue weighted by Gasteiger charge is 2.13. The summed E-state index contributed by atoms with van der Waals surface area (Å²) in [6.07, 6.45) is 0.0559. The topological polar surface area (TPSA) is 83.7 Å². The summed E-state index contributed by atoms with van der Waals surface area (Å²) < 4.78 is 0. The van der Waals surface area contributed by atoms with Crippen LogP contribution in [-0.4, -0.2) is 41.0 Å². The summed E-state index contributed by atoms with van der Waals surface area (Å²) >= 11 is 6.19. The van der Waals surface area contributed by atoms with Crippen LogP contribution in [0.15, 0.2) is 24.3 Å². The van der Waals surface area contributed by atoms with E-state index in [1.807, 2.05) is 4.90 Å². The minimum atomic E-state index is -0.853. The molecule has 1 aromatic carbocycles. The van der Waals surface area contributed by atoms with E-state index in [0.29, 0.717) is 13.1 Å². The molecule has 0 aliphatic rings. The van der Waals surface area contributed by atoms with Crippen LogP contribution in [-0.2, 0) is 4.79 Å². The molecule has 1 atom stereocenters. The van der Waals surface area contributed by atoms with Gasteiger partial charge in [0.2, 0.25) is 0 Å². The average Bonchev–Trinajstić information content (AvgIpc) is 2.36. The van der Waals surface area contributed by atoms with E-state index in [0.717, 1.165) is 5.56 Å². The first-order chi connectivity index (χ1) is 8.90. The molecule has 6 nitrogen and oxygen atoms in total. The fraction of sp³-hybridized carbons (Fsp3) is 0.417. The monoisotopic (exact) mass is 286 g/mol. The molecule has 0 aliphatic heterocycles. The quantitative estimate of drug-likeness (QED) is 0.472. The van der Waals surface area contributed by atoms with Crippen molar-refractivity contribution in [1.82, 2.24) is 4.90 Å². The van der Waals surface area contributed by atoms with Gasteiger partial charge in [0.15, 0.2) is 0 Å². The lowest BCUT2D eigenvalue weighted by Crippen LogP contribution is -2.25. The van der Waals surface area contributed by atoms with Crippen LogP contribution in [0.2, 0.25) is 0 Å². The van der Waals surface area contributed by atoms with E-state index in [4.69, 9.17) is 16.7 Å². The molecule has 0 aromatic heterocycles. The number of aliphatic carboxylic acids is 1. The molecule has 0 aliphatic carbocycles. The smallest absolute Gasteiger partial charge is 0.304 e. The van der Waals surface area contributed by atoms with Crippen molar-refractivity contribution in [2.45, 2.75) is 11.8 Å². The van der Waals surface area contributed by atoms with Gasteiger partial charge in [0.05, 0.1) is 16.7 Å². The third-order valence-electron chi connectivity index (χ3n) is 2.64. The van der Waals surface area contributed by atoms with E-state index in [1.165, 1.54) is 12.1 Å². The summed E-state index contributed by atoms with van der Waals surface area (Å²) in [5.41, 5.74) is 0.793. The molecule has 7 heteroatoms. The Kier molecular flexibility index (Phi) is 5.72. The first-order valence-corrected chi connectivity index (χ1v) is 6.12. The van der Waals surface area contributed by atoms with Crippen molar-refractivity contribution in [1.29, 1.82) is 0 Å². The molecule has 19 heavy (non-hydrogen) atoms. The molecule has 1 aromatic rings. The maximum absolute atomic E-state index is 10.5. The van der Waals surface area contributed by atoms with Crippen LogP contribution in [0, 0.1) is 10.1 Å². The van der Waals surface area contributed by atoms with Crippen molar-refractivity contribution in [2.24, 2.45) is 0 Å². The molecule has 0 spiro atoms. The Bertz CT molecular complexity index is 450. The fourth-order valence-corrected chi connectivity index (χ4v) is 1.94. The molecular weight excluding hydrogens is 272 g/mol. The number of non-ortho nitro benzene ring substituents is 1. The Hall–Kier alpha value is -1.66. The predicted octanol–water partition coefficient (Wildman–Crippen LogP) is 2.28. The number of halogens is 1. The van der Waals surface area contributed by atoms with Gasteiger partial charge >= 0.3 is 5.97 Å². The van der Waals surface area contributed by atoms with Gasteiger partial charge in [-0.2, -0.15) is 0 Å². The van der Waals surface area contributed by atoms with Crippen LogP contribution in [0.25, 0.3) is 0 Å². The Morgan fingerprint density at radius 1 is 1.47 bits per heavy atom. The number of nitrogens with zero attached hydrogens (tertiary/aromatic N) is 2. The van der Waals surface area contributed by atoms with Crippen molar-refractivity contribution >= 4 is 23.3 Å². The second kappa shape index (κ2) is 7.06. The van der Waals surface area contributed by atoms with Gasteiger partial charge in [-0.25, -0.2) is 0 Å². The Labute approximate surface area is 115 Å². The first kappa shape index (κ1) is 15.4. The molecule has 0 fully saturated rings. The molecule has 1 N–H and O–H groups in total. The standard InChI is InChI=1S/C12H15ClN2O4/c1-14(7-6-12(16)17)8-11(13)9-2-4-10(5-3-9)15(18)19/h2-5,11H,6-8H2,1H3,(H,16,17). The predicted molar refractivity (Wildman–Crippen MR) is 71.4 cm³/mol. The van der Waals surface area contributed by atoms with Crippen LogP contribution in [0.4, 0.5) is 5.69 Å². The van der Waals surface area contributed by atoms with Crippen LogP contribution < -0.4 is 0 Å². The highest BCUT2D eigenvalue weighted by Crippen LogP contribution is 2.23. The number of nitro groups is 1. The molecule has 1 unspecified atom stereocenters. The van der Waals surface area contributed by atoms with E-state index < -0.39 is 10.9 Å². The van der Waals surface area contributed by atoms with Gasteiger partial charge in [0.25, 0.3) is 5.69 Å². The molecule has 1 rings (SSSR count). The second-order valence-corrected chi connectivity index (χ2v) is 4.75. The highest BCUT2D eigenvalue weighted by molar-refractivity contribution is 6.21. The number of likely N-dealkylation sites (N-methyl/N-ethyl adjacent to an activating group) is 1. The SMILES string of the molecule is CN(CCC(=O)O)CC(Cl)c1ccc([N+](=O)[O-])cc1. The van der Waals surface area contributed by atoms with Gasteiger partial charge in [-0.1, -0.05) is 12.1 Å². The van der Waals surface area contributed by atoms with E-state index in [9.17, 15) is 14.9 Å². The minimum Gasteiger partial charge on any atom is -0.481 e. The summed E-state index contributed by atoms with van der Waals surface area (Å²) in [5, 5.41) is 18.8. The molecule has 0 bridgehead atoms. The molecule has 0 heterocycles. The number of alkyl halides is 1. The molecular formula is C12H15ClN2O4. The van der Waals surface area contributed by atoms with Crippen molar-refractivity contribution in [3.8, 4) is 0 Å². The summed E-state index contributed by atoms with van der Waals surface area (Å²) in [6, 6.07) is 6.03.